The smallest absolute Gasteiger partial charge is 0.407 e. The molecule has 1 aromatic carbocycles. The molecule has 1 N–H and O–H groups in total. The quantitative estimate of drug-likeness (QED) is 0.886. The minimum Gasteiger partial charge on any atom is -0.490 e. The van der Waals surface area contributed by atoms with Crippen molar-refractivity contribution >= 4 is 22.0 Å². The zero-order chi connectivity index (χ0) is 15.6. The van der Waals surface area contributed by atoms with Gasteiger partial charge in [-0.1, -0.05) is 0 Å². The van der Waals surface area contributed by atoms with Crippen LogP contribution in [0.2, 0.25) is 0 Å². The number of halogens is 2. The summed E-state index contributed by atoms with van der Waals surface area (Å²) in [5.41, 5.74) is -0.496. The first-order valence-corrected chi connectivity index (χ1v) is 7.63. The molecule has 4 nitrogen and oxygen atoms in total. The van der Waals surface area contributed by atoms with Gasteiger partial charge in [-0.15, -0.1) is 0 Å². The highest BCUT2D eigenvalue weighted by Gasteiger charge is 2.33. The third-order valence-electron chi connectivity index (χ3n) is 3.01. The molecule has 21 heavy (non-hydrogen) atoms. The van der Waals surface area contributed by atoms with Gasteiger partial charge in [0.05, 0.1) is 4.47 Å². The van der Waals surface area contributed by atoms with Crippen molar-refractivity contribution in [1.82, 2.24) is 5.32 Å². The van der Waals surface area contributed by atoms with Crippen LogP contribution in [0, 0.1) is 5.82 Å². The van der Waals surface area contributed by atoms with Crippen LogP contribution in [0.1, 0.15) is 33.6 Å². The van der Waals surface area contributed by atoms with Gasteiger partial charge in [-0.3, -0.25) is 0 Å². The maximum absolute atomic E-state index is 13.1. The lowest BCUT2D eigenvalue weighted by atomic mass is 9.89. The van der Waals surface area contributed by atoms with E-state index >= 15 is 0 Å². The van der Waals surface area contributed by atoms with E-state index in [0.717, 1.165) is 0 Å². The van der Waals surface area contributed by atoms with Crippen molar-refractivity contribution in [2.45, 2.75) is 51.4 Å². The van der Waals surface area contributed by atoms with Gasteiger partial charge in [0.25, 0.3) is 0 Å². The molecular weight excluding hydrogens is 341 g/mol. The largest absolute Gasteiger partial charge is 0.490 e. The fourth-order valence-electron chi connectivity index (χ4n) is 2.00. The minimum atomic E-state index is -0.496. The Labute approximate surface area is 132 Å². The first-order chi connectivity index (χ1) is 9.73. The van der Waals surface area contributed by atoms with Crippen molar-refractivity contribution in [3.8, 4) is 5.75 Å². The number of rotatable bonds is 3. The lowest BCUT2D eigenvalue weighted by Gasteiger charge is -2.36. The van der Waals surface area contributed by atoms with Crippen LogP contribution < -0.4 is 10.1 Å². The molecule has 1 aromatic rings. The van der Waals surface area contributed by atoms with E-state index in [2.05, 4.69) is 21.2 Å². The van der Waals surface area contributed by atoms with Gasteiger partial charge in [0, 0.05) is 18.9 Å². The highest BCUT2D eigenvalue weighted by molar-refractivity contribution is 9.10. The van der Waals surface area contributed by atoms with E-state index < -0.39 is 11.7 Å². The molecular formula is C15H19BrFNO3. The van der Waals surface area contributed by atoms with Crippen LogP contribution in [0.15, 0.2) is 22.7 Å². The molecule has 116 valence electrons. The third kappa shape index (κ3) is 4.88. The van der Waals surface area contributed by atoms with Crippen molar-refractivity contribution in [3.05, 3.63) is 28.5 Å². The Balaban J connectivity index is 1.74. The van der Waals surface area contributed by atoms with E-state index in [1.165, 1.54) is 6.07 Å². The van der Waals surface area contributed by atoms with Gasteiger partial charge in [0.2, 0.25) is 0 Å². The van der Waals surface area contributed by atoms with E-state index in [0.29, 0.717) is 23.1 Å². The van der Waals surface area contributed by atoms with Crippen LogP contribution in [0.25, 0.3) is 0 Å². The normalized spacial score (nSPS) is 21.4. The van der Waals surface area contributed by atoms with Crippen molar-refractivity contribution < 1.29 is 18.7 Å². The summed E-state index contributed by atoms with van der Waals surface area (Å²) in [6.45, 7) is 5.48. The Bertz CT molecular complexity index is 524. The highest BCUT2D eigenvalue weighted by Crippen LogP contribution is 2.28. The lowest BCUT2D eigenvalue weighted by Crippen LogP contribution is -2.50. The zero-order valence-electron chi connectivity index (χ0n) is 12.3. The summed E-state index contributed by atoms with van der Waals surface area (Å²) in [7, 11) is 0. The molecule has 2 rings (SSSR count). The molecule has 0 aromatic heterocycles. The summed E-state index contributed by atoms with van der Waals surface area (Å²) >= 11 is 3.12. The average Bonchev–Trinajstić information content (AvgIpc) is 2.28. The second-order valence-electron chi connectivity index (χ2n) is 6.13. The average molecular weight is 360 g/mol. The number of benzene rings is 1. The molecule has 1 aliphatic carbocycles. The van der Waals surface area contributed by atoms with Gasteiger partial charge < -0.3 is 14.8 Å². The van der Waals surface area contributed by atoms with Crippen LogP contribution in [0.4, 0.5) is 9.18 Å². The fourth-order valence-corrected chi connectivity index (χ4v) is 2.35. The van der Waals surface area contributed by atoms with Crippen molar-refractivity contribution in [3.63, 3.8) is 0 Å². The maximum atomic E-state index is 13.1. The Hall–Kier alpha value is -1.30. The number of alkyl carbamates (subject to hydrolysis) is 1. The van der Waals surface area contributed by atoms with Crippen molar-refractivity contribution in [2.75, 3.05) is 0 Å². The Morgan fingerprint density at radius 2 is 2.05 bits per heavy atom. The molecule has 1 saturated carbocycles. The first-order valence-electron chi connectivity index (χ1n) is 6.84. The molecule has 1 fully saturated rings. The SMILES string of the molecule is CC(C)(C)OC(=O)NC1CC(Oc2ccc(F)c(Br)c2)C1. The van der Waals surface area contributed by atoms with Crippen molar-refractivity contribution in [1.29, 1.82) is 0 Å². The molecule has 0 aliphatic heterocycles. The molecule has 0 atom stereocenters. The van der Waals surface area contributed by atoms with E-state index in [9.17, 15) is 9.18 Å². The van der Waals surface area contributed by atoms with Crippen LogP contribution in [0.3, 0.4) is 0 Å². The number of carbonyl (C=O) groups is 1. The lowest BCUT2D eigenvalue weighted by molar-refractivity contribution is 0.0362. The van der Waals surface area contributed by atoms with E-state index in [-0.39, 0.29) is 18.0 Å². The molecule has 0 bridgehead atoms. The summed E-state index contributed by atoms with van der Waals surface area (Å²) in [5.74, 6) is 0.296. The number of hydrogen-bond donors (Lipinski definition) is 1. The summed E-state index contributed by atoms with van der Waals surface area (Å²) in [6, 6.07) is 4.61. The standard InChI is InChI=1S/C15H19BrFNO3/c1-15(2,3)21-14(19)18-9-6-11(7-9)20-10-4-5-13(17)12(16)8-10/h4-5,8-9,11H,6-7H2,1-3H3,(H,18,19). The van der Waals surface area contributed by atoms with Gasteiger partial charge in [0.15, 0.2) is 0 Å². The first kappa shape index (κ1) is 16.1. The second-order valence-corrected chi connectivity index (χ2v) is 6.98. The number of hydrogen-bond acceptors (Lipinski definition) is 3. The fraction of sp³-hybridized carbons (Fsp3) is 0.533. The van der Waals surface area contributed by atoms with Gasteiger partial charge in [-0.25, -0.2) is 9.18 Å². The summed E-state index contributed by atoms with van der Waals surface area (Å²) < 4.78 is 24.4. The Morgan fingerprint density at radius 3 is 2.62 bits per heavy atom. The van der Waals surface area contributed by atoms with E-state index in [4.69, 9.17) is 9.47 Å². The summed E-state index contributed by atoms with van der Waals surface area (Å²) in [5, 5.41) is 2.80. The number of carbonyl (C=O) groups excluding carboxylic acids is 1. The Kier molecular flexibility index (Phi) is 4.76. The number of ether oxygens (including phenoxy) is 2. The minimum absolute atomic E-state index is 0.0299. The molecule has 0 saturated heterocycles. The monoisotopic (exact) mass is 359 g/mol. The van der Waals surface area contributed by atoms with Crippen LogP contribution >= 0.6 is 15.9 Å². The van der Waals surface area contributed by atoms with Crippen LogP contribution in [-0.2, 0) is 4.74 Å². The molecule has 6 heteroatoms. The highest BCUT2D eigenvalue weighted by atomic mass is 79.9. The van der Waals surface area contributed by atoms with Gasteiger partial charge in [-0.05, 0) is 54.9 Å². The third-order valence-corrected chi connectivity index (χ3v) is 3.62. The van der Waals surface area contributed by atoms with E-state index in [1.807, 2.05) is 20.8 Å². The molecule has 1 aliphatic rings. The van der Waals surface area contributed by atoms with E-state index in [1.54, 1.807) is 12.1 Å². The van der Waals surface area contributed by atoms with Crippen LogP contribution in [0.5, 0.6) is 5.75 Å². The van der Waals surface area contributed by atoms with Gasteiger partial charge in [0.1, 0.15) is 23.3 Å². The number of nitrogens with one attached hydrogen (secondary N) is 1. The predicted molar refractivity (Wildman–Crippen MR) is 80.9 cm³/mol. The number of amides is 1. The maximum Gasteiger partial charge on any atom is 0.407 e. The van der Waals surface area contributed by atoms with Crippen molar-refractivity contribution in [2.24, 2.45) is 0 Å². The second kappa shape index (κ2) is 6.22. The molecule has 0 radical (unpaired) electrons. The summed E-state index contributed by atoms with van der Waals surface area (Å²) in [6.07, 6.45) is 1.06. The molecule has 0 spiro atoms. The van der Waals surface area contributed by atoms with Gasteiger partial charge in [-0.2, -0.15) is 0 Å². The topological polar surface area (TPSA) is 47.6 Å². The van der Waals surface area contributed by atoms with Gasteiger partial charge >= 0.3 is 6.09 Å². The Morgan fingerprint density at radius 1 is 1.38 bits per heavy atom. The molecule has 0 unspecified atom stereocenters. The predicted octanol–water partition coefficient (Wildman–Crippen LogP) is 4.02. The molecule has 1 amide bonds. The van der Waals surface area contributed by atoms with Crippen LogP contribution in [-0.4, -0.2) is 23.8 Å². The summed E-state index contributed by atoms with van der Waals surface area (Å²) in [4.78, 5) is 11.6. The molecule has 0 heterocycles. The zero-order valence-corrected chi connectivity index (χ0v) is 13.9.